The predicted octanol–water partition coefficient (Wildman–Crippen LogP) is 2.69. The third-order valence-corrected chi connectivity index (χ3v) is 4.80. The van der Waals surface area contributed by atoms with Crippen LogP contribution in [-0.2, 0) is 0 Å². The molecule has 8 nitrogen and oxygen atoms in total. The molecule has 1 aliphatic rings. The molecule has 0 atom stereocenters. The van der Waals surface area contributed by atoms with Crippen LogP contribution < -0.4 is 10.6 Å². The number of hydrogen-bond acceptors (Lipinski definition) is 5. The van der Waals surface area contributed by atoms with E-state index in [0.29, 0.717) is 24.3 Å². The van der Waals surface area contributed by atoms with Crippen LogP contribution in [0.25, 0.3) is 0 Å². The molecule has 30 heavy (non-hydrogen) atoms. The molecule has 2 heterocycles. The first-order chi connectivity index (χ1) is 14.1. The van der Waals surface area contributed by atoms with E-state index in [9.17, 15) is 9.59 Å². The smallest absolute Gasteiger partial charge is 0.277 e. The number of aromatic nitrogens is 3. The number of carbonyl (C=O) groups is 2. The highest BCUT2D eigenvalue weighted by Crippen LogP contribution is 2.18. The third kappa shape index (κ3) is 5.77. The molecule has 1 aromatic heterocycles. The topological polar surface area (TPSA) is 92.2 Å². The number of nitrogens with zero attached hydrogens (tertiary/aromatic N) is 4. The van der Waals surface area contributed by atoms with E-state index in [2.05, 4.69) is 34.1 Å². The van der Waals surface area contributed by atoms with Gasteiger partial charge in [0.1, 0.15) is 0 Å². The molecule has 1 saturated heterocycles. The Morgan fingerprint density at radius 1 is 1.17 bits per heavy atom. The summed E-state index contributed by atoms with van der Waals surface area (Å²) in [5.74, 6) is -0.447. The van der Waals surface area contributed by atoms with Gasteiger partial charge in [0.15, 0.2) is 5.69 Å². The summed E-state index contributed by atoms with van der Waals surface area (Å²) in [6.07, 6.45) is 6.97. The zero-order chi connectivity index (χ0) is 20.6. The molecule has 1 aliphatic heterocycles. The van der Waals surface area contributed by atoms with Crippen LogP contribution in [0.3, 0.4) is 0 Å². The van der Waals surface area contributed by atoms with Crippen LogP contribution in [0.1, 0.15) is 39.7 Å². The first-order valence-electron chi connectivity index (χ1n) is 9.67. The summed E-state index contributed by atoms with van der Waals surface area (Å²) in [5, 5.41) is 14.2. The number of carbonyl (C=O) groups excluding carboxylic acids is 2. The highest BCUT2D eigenvalue weighted by atomic mass is 35.5. The molecular formula is C21H27ClN6O2. The fraction of sp³-hybridized carbons (Fsp3) is 0.333. The van der Waals surface area contributed by atoms with Gasteiger partial charge >= 0.3 is 0 Å². The first kappa shape index (κ1) is 23.3. The maximum Gasteiger partial charge on any atom is 0.277 e. The van der Waals surface area contributed by atoms with E-state index >= 15 is 0 Å². The summed E-state index contributed by atoms with van der Waals surface area (Å²) >= 11 is 0. The molecule has 0 unspecified atom stereocenters. The van der Waals surface area contributed by atoms with Crippen molar-refractivity contribution in [1.29, 1.82) is 0 Å². The van der Waals surface area contributed by atoms with Crippen molar-refractivity contribution >= 4 is 29.9 Å². The fourth-order valence-electron chi connectivity index (χ4n) is 3.26. The molecule has 2 aromatic rings. The van der Waals surface area contributed by atoms with Crippen LogP contribution in [0.15, 0.2) is 55.8 Å². The molecular weight excluding hydrogens is 404 g/mol. The van der Waals surface area contributed by atoms with Gasteiger partial charge in [0.05, 0.1) is 12.2 Å². The van der Waals surface area contributed by atoms with Crippen molar-refractivity contribution in [2.24, 2.45) is 0 Å². The van der Waals surface area contributed by atoms with Crippen LogP contribution in [0.5, 0.6) is 0 Å². The molecule has 2 amide bonds. The second-order valence-electron chi connectivity index (χ2n) is 6.88. The Morgan fingerprint density at radius 3 is 2.40 bits per heavy atom. The van der Waals surface area contributed by atoms with Gasteiger partial charge < -0.3 is 15.5 Å². The van der Waals surface area contributed by atoms with Crippen molar-refractivity contribution in [2.75, 3.05) is 31.5 Å². The van der Waals surface area contributed by atoms with Gasteiger partial charge in [-0.25, -0.2) is 4.68 Å². The summed E-state index contributed by atoms with van der Waals surface area (Å²) < 4.78 is 1.77. The van der Waals surface area contributed by atoms with Crippen molar-refractivity contribution in [3.8, 4) is 0 Å². The van der Waals surface area contributed by atoms with Gasteiger partial charge in [-0.1, -0.05) is 17.4 Å². The number of benzene rings is 1. The molecule has 0 aliphatic carbocycles. The van der Waals surface area contributed by atoms with Crippen molar-refractivity contribution in [3.63, 3.8) is 0 Å². The van der Waals surface area contributed by atoms with E-state index in [0.717, 1.165) is 25.9 Å². The summed E-state index contributed by atoms with van der Waals surface area (Å²) in [5.41, 5.74) is 1.39. The molecule has 9 heteroatoms. The van der Waals surface area contributed by atoms with Crippen LogP contribution in [0, 0.1) is 0 Å². The quantitative estimate of drug-likeness (QED) is 0.628. The van der Waals surface area contributed by atoms with E-state index in [1.807, 2.05) is 0 Å². The summed E-state index contributed by atoms with van der Waals surface area (Å²) in [4.78, 5) is 26.7. The van der Waals surface area contributed by atoms with Crippen molar-refractivity contribution < 1.29 is 9.59 Å². The Kier molecular flexibility index (Phi) is 8.76. The standard InChI is InChI=1S/C21H26N6O2.ClH/c1-3-13-26(14-4-2)21(29)16-5-7-17(8-6-16)23-20(28)19-15-27(25-24-19)18-9-11-22-12-10-18;/h3-8,15,18,22H,1-2,9-14H2,(H,23,28);1H. The van der Waals surface area contributed by atoms with E-state index in [1.54, 1.807) is 52.2 Å². The fourth-order valence-corrected chi connectivity index (χ4v) is 3.26. The lowest BCUT2D eigenvalue weighted by Crippen LogP contribution is -2.31. The van der Waals surface area contributed by atoms with Crippen LogP contribution in [0.2, 0.25) is 0 Å². The van der Waals surface area contributed by atoms with Gasteiger partial charge in [-0.3, -0.25) is 9.59 Å². The number of halogens is 1. The predicted molar refractivity (Wildman–Crippen MR) is 119 cm³/mol. The van der Waals surface area contributed by atoms with Crippen molar-refractivity contribution in [2.45, 2.75) is 18.9 Å². The van der Waals surface area contributed by atoms with E-state index in [-0.39, 0.29) is 36.0 Å². The second kappa shape index (κ2) is 11.3. The summed E-state index contributed by atoms with van der Waals surface area (Å²) in [7, 11) is 0. The number of anilines is 1. The molecule has 0 saturated carbocycles. The van der Waals surface area contributed by atoms with Gasteiger partial charge in [0, 0.05) is 24.3 Å². The number of hydrogen-bond donors (Lipinski definition) is 2. The lowest BCUT2D eigenvalue weighted by Gasteiger charge is -2.22. The van der Waals surface area contributed by atoms with Gasteiger partial charge in [-0.15, -0.1) is 30.7 Å². The Morgan fingerprint density at radius 2 is 1.80 bits per heavy atom. The zero-order valence-corrected chi connectivity index (χ0v) is 17.6. The normalized spacial score (nSPS) is 13.7. The Hall–Kier alpha value is -2.97. The SMILES string of the molecule is C=CCN(CC=C)C(=O)c1ccc(NC(=O)c2cn(C3CCNCC3)nn2)cc1.Cl. The highest BCUT2D eigenvalue weighted by molar-refractivity contribution is 6.03. The highest BCUT2D eigenvalue weighted by Gasteiger charge is 2.19. The number of nitrogens with one attached hydrogen (secondary N) is 2. The van der Waals surface area contributed by atoms with Crippen molar-refractivity contribution in [1.82, 2.24) is 25.2 Å². The Balaban J connectivity index is 0.00000320. The van der Waals surface area contributed by atoms with E-state index < -0.39 is 0 Å². The van der Waals surface area contributed by atoms with Crippen LogP contribution >= 0.6 is 12.4 Å². The minimum Gasteiger partial charge on any atom is -0.331 e. The molecule has 0 bridgehead atoms. The third-order valence-electron chi connectivity index (χ3n) is 4.80. The monoisotopic (exact) mass is 430 g/mol. The number of rotatable bonds is 8. The Labute approximate surface area is 182 Å². The van der Waals surface area contributed by atoms with Crippen molar-refractivity contribution in [3.05, 3.63) is 67.0 Å². The summed E-state index contributed by atoms with van der Waals surface area (Å²) in [6, 6.07) is 7.03. The van der Waals surface area contributed by atoms with Gasteiger partial charge in [-0.2, -0.15) is 0 Å². The second-order valence-corrected chi connectivity index (χ2v) is 6.88. The average Bonchev–Trinajstić information content (AvgIpc) is 3.25. The largest absolute Gasteiger partial charge is 0.331 e. The molecule has 0 spiro atoms. The zero-order valence-electron chi connectivity index (χ0n) is 16.8. The molecule has 1 aromatic carbocycles. The maximum atomic E-state index is 12.6. The number of piperidine rings is 1. The van der Waals surface area contributed by atoms with E-state index in [1.165, 1.54) is 0 Å². The van der Waals surface area contributed by atoms with Gasteiger partial charge in [-0.05, 0) is 50.2 Å². The summed E-state index contributed by atoms with van der Waals surface area (Å²) in [6.45, 7) is 10.1. The molecule has 160 valence electrons. The van der Waals surface area contributed by atoms with Crippen LogP contribution in [0.4, 0.5) is 5.69 Å². The average molecular weight is 431 g/mol. The van der Waals surface area contributed by atoms with E-state index in [4.69, 9.17) is 0 Å². The minimum atomic E-state index is -0.329. The number of amides is 2. The maximum absolute atomic E-state index is 12.6. The lowest BCUT2D eigenvalue weighted by molar-refractivity contribution is 0.0790. The Bertz CT molecular complexity index is 864. The lowest BCUT2D eigenvalue weighted by atomic mass is 10.1. The van der Waals surface area contributed by atoms with Crippen LogP contribution in [-0.4, -0.2) is 57.9 Å². The van der Waals surface area contributed by atoms with Gasteiger partial charge in [0.25, 0.3) is 11.8 Å². The first-order valence-corrected chi connectivity index (χ1v) is 9.67. The molecule has 1 fully saturated rings. The minimum absolute atomic E-state index is 0. The molecule has 2 N–H and O–H groups in total. The van der Waals surface area contributed by atoms with Gasteiger partial charge in [0.2, 0.25) is 0 Å². The molecule has 0 radical (unpaired) electrons. The molecule has 3 rings (SSSR count).